The molecule has 1 rings (SSSR count). The number of unbranched alkanes of at least 4 members (excludes halogenated alkanes) is 3. The number of hydrogen-bond acceptors (Lipinski definition) is 2. The van der Waals surface area contributed by atoms with Gasteiger partial charge < -0.3 is 10.2 Å². The highest BCUT2D eigenvalue weighted by Crippen LogP contribution is 2.29. The first-order valence-corrected chi connectivity index (χ1v) is 7.41. The number of hydrogen-bond donors (Lipinski definition) is 1. The molecule has 0 unspecified atom stereocenters. The van der Waals surface area contributed by atoms with E-state index in [2.05, 4.69) is 38.0 Å². The summed E-state index contributed by atoms with van der Waals surface area (Å²) in [6, 6.07) is 0. The fourth-order valence-electron chi connectivity index (χ4n) is 2.16. The second-order valence-corrected chi connectivity index (χ2v) is 6.80. The third-order valence-electron chi connectivity index (χ3n) is 3.39. The maximum Gasteiger partial charge on any atom is 0.00965 e. The van der Waals surface area contributed by atoms with Crippen LogP contribution < -0.4 is 5.32 Å². The van der Waals surface area contributed by atoms with Gasteiger partial charge in [0.2, 0.25) is 0 Å². The van der Waals surface area contributed by atoms with Crippen molar-refractivity contribution in [3.8, 4) is 0 Å². The van der Waals surface area contributed by atoms with E-state index >= 15 is 0 Å². The average molecular weight is 240 g/mol. The maximum atomic E-state index is 3.55. The molecule has 0 saturated heterocycles. The molecule has 0 bridgehead atoms. The normalized spacial score (nSPS) is 16.8. The van der Waals surface area contributed by atoms with Crippen molar-refractivity contribution in [1.29, 1.82) is 0 Å². The highest BCUT2D eigenvalue weighted by Gasteiger charge is 2.22. The van der Waals surface area contributed by atoms with Crippen LogP contribution in [0.15, 0.2) is 0 Å². The summed E-state index contributed by atoms with van der Waals surface area (Å²) in [5.41, 5.74) is 0.282. The summed E-state index contributed by atoms with van der Waals surface area (Å²) in [5, 5.41) is 3.55. The molecular formula is C15H32N2. The van der Waals surface area contributed by atoms with Crippen molar-refractivity contribution >= 4 is 0 Å². The second-order valence-electron chi connectivity index (χ2n) is 6.80. The van der Waals surface area contributed by atoms with Crippen molar-refractivity contribution < 1.29 is 0 Å². The van der Waals surface area contributed by atoms with Gasteiger partial charge in [0.1, 0.15) is 0 Å². The molecular weight excluding hydrogens is 208 g/mol. The highest BCUT2D eigenvalue weighted by atomic mass is 15.1. The molecule has 0 radical (unpaired) electrons. The van der Waals surface area contributed by atoms with Gasteiger partial charge in [-0.2, -0.15) is 0 Å². The van der Waals surface area contributed by atoms with Gasteiger partial charge in [0.15, 0.2) is 0 Å². The zero-order valence-corrected chi connectivity index (χ0v) is 12.4. The van der Waals surface area contributed by atoms with Crippen molar-refractivity contribution in [3.05, 3.63) is 0 Å². The van der Waals surface area contributed by atoms with Crippen LogP contribution in [0.1, 0.15) is 59.3 Å². The lowest BCUT2D eigenvalue weighted by Gasteiger charge is -2.20. The lowest BCUT2D eigenvalue weighted by Crippen LogP contribution is -2.36. The SMILES string of the molecule is CN(CCCCCCNC(C)(C)C)CC1CC1. The van der Waals surface area contributed by atoms with Gasteiger partial charge in [-0.05, 0) is 72.5 Å². The van der Waals surface area contributed by atoms with E-state index < -0.39 is 0 Å². The molecule has 102 valence electrons. The third kappa shape index (κ3) is 9.61. The summed E-state index contributed by atoms with van der Waals surface area (Å²) in [6.45, 7) is 10.5. The van der Waals surface area contributed by atoms with Crippen LogP contribution in [-0.4, -0.2) is 37.1 Å². The molecule has 0 aromatic heterocycles. The van der Waals surface area contributed by atoms with Crippen LogP contribution in [0.4, 0.5) is 0 Å². The first-order chi connectivity index (χ1) is 7.97. The fourth-order valence-corrected chi connectivity index (χ4v) is 2.16. The van der Waals surface area contributed by atoms with Crippen molar-refractivity contribution in [2.45, 2.75) is 64.8 Å². The number of nitrogens with one attached hydrogen (secondary N) is 1. The maximum absolute atomic E-state index is 3.55. The van der Waals surface area contributed by atoms with Gasteiger partial charge in [0, 0.05) is 12.1 Å². The summed E-state index contributed by atoms with van der Waals surface area (Å²) in [7, 11) is 2.28. The van der Waals surface area contributed by atoms with Crippen molar-refractivity contribution in [2.24, 2.45) is 5.92 Å². The molecule has 1 saturated carbocycles. The van der Waals surface area contributed by atoms with Crippen molar-refractivity contribution in [3.63, 3.8) is 0 Å². The topological polar surface area (TPSA) is 15.3 Å². The summed E-state index contributed by atoms with van der Waals surface area (Å²) in [4.78, 5) is 2.52. The monoisotopic (exact) mass is 240 g/mol. The minimum atomic E-state index is 0.282. The minimum Gasteiger partial charge on any atom is -0.312 e. The van der Waals surface area contributed by atoms with Crippen LogP contribution in [0.2, 0.25) is 0 Å². The molecule has 0 aromatic rings. The molecule has 1 fully saturated rings. The first-order valence-electron chi connectivity index (χ1n) is 7.41. The minimum absolute atomic E-state index is 0.282. The van der Waals surface area contributed by atoms with Crippen LogP contribution in [0.5, 0.6) is 0 Å². The Morgan fingerprint density at radius 2 is 1.71 bits per heavy atom. The van der Waals surface area contributed by atoms with E-state index in [0.717, 1.165) is 5.92 Å². The van der Waals surface area contributed by atoms with Crippen LogP contribution in [0, 0.1) is 5.92 Å². The van der Waals surface area contributed by atoms with Gasteiger partial charge in [-0.15, -0.1) is 0 Å². The van der Waals surface area contributed by atoms with E-state index in [1.54, 1.807) is 0 Å². The van der Waals surface area contributed by atoms with Gasteiger partial charge in [-0.1, -0.05) is 12.8 Å². The van der Waals surface area contributed by atoms with Gasteiger partial charge in [0.05, 0.1) is 0 Å². The lowest BCUT2D eigenvalue weighted by molar-refractivity contribution is 0.310. The van der Waals surface area contributed by atoms with Crippen molar-refractivity contribution in [2.75, 3.05) is 26.7 Å². The zero-order valence-electron chi connectivity index (χ0n) is 12.4. The Bertz CT molecular complexity index is 192. The Labute approximate surface area is 108 Å². The lowest BCUT2D eigenvalue weighted by atomic mass is 10.1. The zero-order chi connectivity index (χ0) is 12.7. The fraction of sp³-hybridized carbons (Fsp3) is 1.00. The molecule has 0 aromatic carbocycles. The van der Waals surface area contributed by atoms with Gasteiger partial charge in [0.25, 0.3) is 0 Å². The Kier molecular flexibility index (Phi) is 6.50. The Morgan fingerprint density at radius 3 is 2.29 bits per heavy atom. The van der Waals surface area contributed by atoms with Crippen molar-refractivity contribution in [1.82, 2.24) is 10.2 Å². The largest absolute Gasteiger partial charge is 0.312 e. The predicted octanol–water partition coefficient (Wildman–Crippen LogP) is 3.28. The summed E-state index contributed by atoms with van der Waals surface area (Å²) in [5.74, 6) is 1.04. The molecule has 17 heavy (non-hydrogen) atoms. The Morgan fingerprint density at radius 1 is 1.06 bits per heavy atom. The molecule has 0 heterocycles. The molecule has 1 aliphatic carbocycles. The molecule has 1 aliphatic rings. The summed E-state index contributed by atoms with van der Waals surface area (Å²) in [6.07, 6.45) is 8.41. The smallest absolute Gasteiger partial charge is 0.00965 e. The molecule has 2 heteroatoms. The third-order valence-corrected chi connectivity index (χ3v) is 3.39. The molecule has 0 spiro atoms. The molecule has 0 aliphatic heterocycles. The molecule has 0 amide bonds. The second kappa shape index (κ2) is 7.38. The first kappa shape index (κ1) is 15.0. The Balaban J connectivity index is 1.80. The van der Waals surface area contributed by atoms with Gasteiger partial charge >= 0.3 is 0 Å². The van der Waals surface area contributed by atoms with E-state index in [1.807, 2.05) is 0 Å². The van der Waals surface area contributed by atoms with Crippen LogP contribution >= 0.6 is 0 Å². The number of rotatable bonds is 9. The predicted molar refractivity (Wildman–Crippen MR) is 76.4 cm³/mol. The van der Waals surface area contributed by atoms with E-state index in [4.69, 9.17) is 0 Å². The Hall–Kier alpha value is -0.0800. The molecule has 2 nitrogen and oxygen atoms in total. The van der Waals surface area contributed by atoms with E-state index in [1.165, 1.54) is 58.2 Å². The standard InChI is InChI=1S/C15H32N2/c1-15(2,3)16-11-7-5-6-8-12-17(4)13-14-9-10-14/h14,16H,5-13H2,1-4H3. The van der Waals surface area contributed by atoms with Crippen LogP contribution in [-0.2, 0) is 0 Å². The van der Waals surface area contributed by atoms with E-state index in [-0.39, 0.29) is 5.54 Å². The summed E-state index contributed by atoms with van der Waals surface area (Å²) < 4.78 is 0. The molecule has 1 N–H and O–H groups in total. The van der Waals surface area contributed by atoms with Gasteiger partial charge in [-0.3, -0.25) is 0 Å². The summed E-state index contributed by atoms with van der Waals surface area (Å²) >= 11 is 0. The van der Waals surface area contributed by atoms with Crippen LogP contribution in [0.25, 0.3) is 0 Å². The molecule has 0 atom stereocenters. The van der Waals surface area contributed by atoms with Crippen LogP contribution in [0.3, 0.4) is 0 Å². The van der Waals surface area contributed by atoms with E-state index in [0.29, 0.717) is 0 Å². The number of nitrogens with zero attached hydrogens (tertiary/aromatic N) is 1. The highest BCUT2D eigenvalue weighted by molar-refractivity contribution is 4.76. The average Bonchev–Trinajstić information content (AvgIpc) is 2.98. The van der Waals surface area contributed by atoms with Gasteiger partial charge in [-0.25, -0.2) is 0 Å². The van der Waals surface area contributed by atoms with E-state index in [9.17, 15) is 0 Å². The quantitative estimate of drug-likeness (QED) is 0.622.